The summed E-state index contributed by atoms with van der Waals surface area (Å²) in [6, 6.07) is 12.9. The maximum Gasteiger partial charge on any atom is 0.320 e. The smallest absolute Gasteiger partial charge is 0.320 e. The Morgan fingerprint density at radius 2 is 1.84 bits per heavy atom. The molecule has 0 aliphatic heterocycles. The van der Waals surface area contributed by atoms with Crippen molar-refractivity contribution in [1.29, 1.82) is 0 Å². The molecule has 3 aromatic rings. The first kappa shape index (κ1) is 17.3. The third-order valence-corrected chi connectivity index (χ3v) is 3.84. The van der Waals surface area contributed by atoms with Crippen molar-refractivity contribution in [3.05, 3.63) is 60.2 Å². The molecular formula is C18H18F3N3O. The van der Waals surface area contributed by atoms with Crippen LogP contribution in [0, 0.1) is 5.82 Å². The monoisotopic (exact) mass is 349 g/mol. The number of hydrogen-bond donors (Lipinski definition) is 0. The summed E-state index contributed by atoms with van der Waals surface area (Å²) in [4.78, 5) is 6.10. The van der Waals surface area contributed by atoms with Crippen LogP contribution in [-0.4, -0.2) is 34.7 Å². The molecular weight excluding hydrogens is 331 g/mol. The summed E-state index contributed by atoms with van der Waals surface area (Å²) in [5, 5.41) is 0. The molecule has 7 heteroatoms. The zero-order chi connectivity index (χ0) is 17.8. The average Bonchev–Trinajstić information content (AvgIpc) is 2.94. The van der Waals surface area contributed by atoms with E-state index in [0.717, 1.165) is 4.57 Å². The number of ether oxygens (including phenoxy) is 1. The van der Waals surface area contributed by atoms with Gasteiger partial charge >= 0.3 is 6.55 Å². The molecule has 0 aliphatic rings. The molecule has 132 valence electrons. The van der Waals surface area contributed by atoms with Crippen LogP contribution in [0.15, 0.2) is 48.5 Å². The van der Waals surface area contributed by atoms with Gasteiger partial charge in [0.25, 0.3) is 0 Å². The van der Waals surface area contributed by atoms with E-state index in [2.05, 4.69) is 4.98 Å². The Morgan fingerprint density at radius 1 is 1.12 bits per heavy atom. The highest BCUT2D eigenvalue weighted by Gasteiger charge is 2.18. The van der Waals surface area contributed by atoms with Crippen molar-refractivity contribution in [2.24, 2.45) is 0 Å². The van der Waals surface area contributed by atoms with Crippen molar-refractivity contribution in [3.8, 4) is 5.75 Å². The van der Waals surface area contributed by atoms with Gasteiger partial charge in [-0.25, -0.2) is 9.37 Å². The quantitative estimate of drug-likeness (QED) is 0.644. The van der Waals surface area contributed by atoms with Crippen molar-refractivity contribution in [2.75, 3.05) is 20.2 Å². The lowest BCUT2D eigenvalue weighted by atomic mass is 10.3. The lowest BCUT2D eigenvalue weighted by Crippen LogP contribution is -2.25. The summed E-state index contributed by atoms with van der Waals surface area (Å²) >= 11 is 0. The molecule has 1 aromatic heterocycles. The van der Waals surface area contributed by atoms with Crippen LogP contribution in [0.3, 0.4) is 0 Å². The van der Waals surface area contributed by atoms with Gasteiger partial charge in [-0.05, 0) is 31.3 Å². The Bertz CT molecular complexity index is 850. The molecule has 0 spiro atoms. The van der Waals surface area contributed by atoms with Gasteiger partial charge in [0.2, 0.25) is 0 Å². The van der Waals surface area contributed by atoms with Crippen LogP contribution in [0.4, 0.5) is 13.2 Å². The molecule has 25 heavy (non-hydrogen) atoms. The first-order valence-corrected chi connectivity index (χ1v) is 7.86. The van der Waals surface area contributed by atoms with E-state index in [-0.39, 0.29) is 24.7 Å². The summed E-state index contributed by atoms with van der Waals surface area (Å²) in [7, 11) is 1.78. The molecule has 0 saturated carbocycles. The first-order chi connectivity index (χ1) is 12.1. The van der Waals surface area contributed by atoms with Gasteiger partial charge in [-0.15, -0.1) is 0 Å². The standard InChI is InChI=1S/C18H18F3N3O/c1-23(10-11-25-16-9-5-2-6-13(16)19)12-17-22-14-7-3-4-8-15(14)24(17)18(20)21/h2-9,18H,10-12H2,1H3. The number of alkyl halides is 2. The number of imidazole rings is 1. The third kappa shape index (κ3) is 3.93. The fourth-order valence-electron chi connectivity index (χ4n) is 2.62. The van der Waals surface area contributed by atoms with Crippen molar-refractivity contribution in [1.82, 2.24) is 14.5 Å². The fraction of sp³-hybridized carbons (Fsp3) is 0.278. The highest BCUT2D eigenvalue weighted by atomic mass is 19.3. The van der Waals surface area contributed by atoms with E-state index >= 15 is 0 Å². The van der Waals surface area contributed by atoms with Gasteiger partial charge in [0.1, 0.15) is 12.4 Å². The average molecular weight is 349 g/mol. The van der Waals surface area contributed by atoms with Crippen LogP contribution in [-0.2, 0) is 6.54 Å². The van der Waals surface area contributed by atoms with Gasteiger partial charge in [0, 0.05) is 6.54 Å². The van der Waals surface area contributed by atoms with E-state index in [1.807, 2.05) is 0 Å². The maximum absolute atomic E-state index is 13.5. The van der Waals surface area contributed by atoms with E-state index in [9.17, 15) is 13.2 Å². The van der Waals surface area contributed by atoms with Gasteiger partial charge in [-0.3, -0.25) is 9.47 Å². The summed E-state index contributed by atoms with van der Waals surface area (Å²) in [6.07, 6.45) is 0. The molecule has 0 amide bonds. The second-order valence-corrected chi connectivity index (χ2v) is 5.68. The zero-order valence-electron chi connectivity index (χ0n) is 13.7. The predicted octanol–water partition coefficient (Wildman–Crippen LogP) is 4.08. The Morgan fingerprint density at radius 3 is 2.60 bits per heavy atom. The molecule has 0 N–H and O–H groups in total. The number of benzene rings is 2. The number of hydrogen-bond acceptors (Lipinski definition) is 3. The third-order valence-electron chi connectivity index (χ3n) is 3.84. The lowest BCUT2D eigenvalue weighted by molar-refractivity contribution is 0.0687. The van der Waals surface area contributed by atoms with Crippen LogP contribution < -0.4 is 4.74 Å². The number of rotatable bonds is 7. The van der Waals surface area contributed by atoms with E-state index < -0.39 is 12.4 Å². The minimum Gasteiger partial charge on any atom is -0.489 e. The van der Waals surface area contributed by atoms with Gasteiger partial charge < -0.3 is 4.74 Å². The SMILES string of the molecule is CN(CCOc1ccccc1F)Cc1nc2ccccc2n1C(F)F. The van der Waals surface area contributed by atoms with Crippen molar-refractivity contribution < 1.29 is 17.9 Å². The Labute approximate surface area is 143 Å². The van der Waals surface area contributed by atoms with Gasteiger partial charge in [-0.1, -0.05) is 24.3 Å². The number of nitrogens with zero attached hydrogens (tertiary/aromatic N) is 3. The maximum atomic E-state index is 13.5. The second kappa shape index (κ2) is 7.57. The highest BCUT2D eigenvalue weighted by molar-refractivity contribution is 5.75. The lowest BCUT2D eigenvalue weighted by Gasteiger charge is -2.17. The molecule has 0 unspecified atom stereocenters. The van der Waals surface area contributed by atoms with E-state index in [1.165, 1.54) is 6.07 Å². The summed E-state index contributed by atoms with van der Waals surface area (Å²) in [6.45, 7) is -1.74. The first-order valence-electron chi connectivity index (χ1n) is 7.86. The Kier molecular flexibility index (Phi) is 5.23. The normalized spacial score (nSPS) is 11.6. The Balaban J connectivity index is 1.65. The number of aromatic nitrogens is 2. The molecule has 1 heterocycles. The molecule has 0 atom stereocenters. The molecule has 3 rings (SSSR count). The fourth-order valence-corrected chi connectivity index (χ4v) is 2.62. The zero-order valence-corrected chi connectivity index (χ0v) is 13.7. The molecule has 0 bridgehead atoms. The number of likely N-dealkylation sites (N-methyl/N-ethyl adjacent to an activating group) is 1. The van der Waals surface area contributed by atoms with Crippen LogP contribution in [0.25, 0.3) is 11.0 Å². The van der Waals surface area contributed by atoms with E-state index in [1.54, 1.807) is 54.4 Å². The second-order valence-electron chi connectivity index (χ2n) is 5.68. The molecule has 0 radical (unpaired) electrons. The summed E-state index contributed by atoms with van der Waals surface area (Å²) in [5.41, 5.74) is 0.942. The van der Waals surface area contributed by atoms with Crippen LogP contribution in [0.2, 0.25) is 0 Å². The largest absolute Gasteiger partial charge is 0.489 e. The predicted molar refractivity (Wildman–Crippen MR) is 89.2 cm³/mol. The minimum absolute atomic E-state index is 0.177. The molecule has 0 fully saturated rings. The minimum atomic E-state index is -2.66. The molecule has 4 nitrogen and oxygen atoms in total. The van der Waals surface area contributed by atoms with Crippen LogP contribution in [0.1, 0.15) is 12.4 Å². The number of para-hydroxylation sites is 3. The topological polar surface area (TPSA) is 30.3 Å². The van der Waals surface area contributed by atoms with Crippen LogP contribution >= 0.6 is 0 Å². The molecule has 2 aromatic carbocycles. The van der Waals surface area contributed by atoms with Crippen molar-refractivity contribution in [3.63, 3.8) is 0 Å². The van der Waals surface area contributed by atoms with E-state index in [4.69, 9.17) is 4.74 Å². The van der Waals surface area contributed by atoms with Gasteiger partial charge in [0.05, 0.1) is 17.6 Å². The molecule has 0 aliphatic carbocycles. The summed E-state index contributed by atoms with van der Waals surface area (Å²) < 4.78 is 46.6. The van der Waals surface area contributed by atoms with Crippen molar-refractivity contribution >= 4 is 11.0 Å². The summed E-state index contributed by atoms with van der Waals surface area (Å²) in [5.74, 6) is 0.0324. The Hall–Kier alpha value is -2.54. The van der Waals surface area contributed by atoms with Crippen LogP contribution in [0.5, 0.6) is 5.75 Å². The highest BCUT2D eigenvalue weighted by Crippen LogP contribution is 2.23. The number of halogens is 3. The number of fused-ring (bicyclic) bond motifs is 1. The van der Waals surface area contributed by atoms with Crippen molar-refractivity contribution in [2.45, 2.75) is 13.1 Å². The van der Waals surface area contributed by atoms with E-state index in [0.29, 0.717) is 17.6 Å². The molecule has 0 saturated heterocycles. The van der Waals surface area contributed by atoms with Gasteiger partial charge in [0.15, 0.2) is 11.6 Å². The van der Waals surface area contributed by atoms with Gasteiger partial charge in [-0.2, -0.15) is 8.78 Å².